The van der Waals surface area contributed by atoms with Crippen molar-refractivity contribution in [3.63, 3.8) is 0 Å². The molecular formula is C31H36FN7O7S. The zero-order chi connectivity index (χ0) is 33.3. The van der Waals surface area contributed by atoms with E-state index < -0.39 is 45.7 Å². The van der Waals surface area contributed by atoms with E-state index in [4.69, 9.17) is 9.47 Å². The van der Waals surface area contributed by atoms with E-state index in [0.717, 1.165) is 31.5 Å². The van der Waals surface area contributed by atoms with Crippen molar-refractivity contribution in [3.8, 4) is 11.5 Å². The third kappa shape index (κ3) is 7.44. The van der Waals surface area contributed by atoms with Gasteiger partial charge < -0.3 is 29.6 Å². The van der Waals surface area contributed by atoms with Gasteiger partial charge in [-0.2, -0.15) is 4.31 Å². The summed E-state index contributed by atoms with van der Waals surface area (Å²) in [5, 5.41) is 14.0. The summed E-state index contributed by atoms with van der Waals surface area (Å²) in [5.74, 6) is -0.447. The van der Waals surface area contributed by atoms with Crippen molar-refractivity contribution in [1.82, 2.24) is 34.6 Å². The van der Waals surface area contributed by atoms with Gasteiger partial charge in [0.2, 0.25) is 15.9 Å². The third-order valence-electron chi connectivity index (χ3n) is 8.30. The van der Waals surface area contributed by atoms with E-state index >= 15 is 0 Å². The van der Waals surface area contributed by atoms with Crippen molar-refractivity contribution < 1.29 is 36.7 Å². The van der Waals surface area contributed by atoms with Gasteiger partial charge in [-0.1, -0.05) is 6.92 Å². The molecule has 0 radical (unpaired) electrons. The monoisotopic (exact) mass is 669 g/mol. The van der Waals surface area contributed by atoms with Crippen LogP contribution >= 0.6 is 0 Å². The standard InChI is InChI=1S/C31H36FN7O7S/c1-3-6-37-17-29(40)34-25-15-38(47(2,43)44)16-26(25)45-18-19-8-22(32)13-23(9-19)46-24-11-20(10-21(12-24)31(37)42)30(41)33-14-28-36-35-27-5-4-7-39(27)28/h8-13,25-26H,3-7,14-18H2,1-2H3,(H,33,41)(H,34,40)/t25-,26-/m1/s1. The Morgan fingerprint density at radius 3 is 2.70 bits per heavy atom. The minimum atomic E-state index is -3.59. The summed E-state index contributed by atoms with van der Waals surface area (Å²) >= 11 is 0. The number of nitrogens with one attached hydrogen (secondary N) is 2. The fraction of sp³-hybridized carbons (Fsp3) is 0.452. The maximum Gasteiger partial charge on any atom is 0.254 e. The van der Waals surface area contributed by atoms with Crippen LogP contribution in [-0.2, 0) is 45.7 Å². The number of fused-ring (bicyclic) bond motifs is 6. The van der Waals surface area contributed by atoms with Crippen LogP contribution in [0.1, 0.15) is 57.7 Å². The Balaban J connectivity index is 1.33. The molecule has 0 unspecified atom stereocenters. The highest BCUT2D eigenvalue weighted by Gasteiger charge is 2.39. The zero-order valence-electron chi connectivity index (χ0n) is 26.1. The van der Waals surface area contributed by atoms with Gasteiger partial charge in [0, 0.05) is 49.8 Å². The summed E-state index contributed by atoms with van der Waals surface area (Å²) in [5.41, 5.74) is 0.602. The van der Waals surface area contributed by atoms with Crippen molar-refractivity contribution in [3.05, 3.63) is 70.6 Å². The molecule has 1 aromatic heterocycles. The smallest absolute Gasteiger partial charge is 0.254 e. The molecule has 16 heteroatoms. The maximum atomic E-state index is 14.8. The average Bonchev–Trinajstić information content (AvgIpc) is 3.74. The van der Waals surface area contributed by atoms with Gasteiger partial charge in [0.25, 0.3) is 11.8 Å². The summed E-state index contributed by atoms with van der Waals surface area (Å²) in [7, 11) is -3.59. The summed E-state index contributed by atoms with van der Waals surface area (Å²) in [6, 6.07) is 7.58. The fourth-order valence-electron chi connectivity index (χ4n) is 6.07. The number of carbonyl (C=O) groups is 3. The Labute approximate surface area is 271 Å². The molecule has 0 saturated carbocycles. The molecule has 6 rings (SSSR count). The molecule has 250 valence electrons. The normalized spacial score (nSPS) is 20.4. The summed E-state index contributed by atoms with van der Waals surface area (Å²) in [4.78, 5) is 41.9. The van der Waals surface area contributed by atoms with Gasteiger partial charge >= 0.3 is 0 Å². The van der Waals surface area contributed by atoms with E-state index in [1.807, 2.05) is 11.5 Å². The van der Waals surface area contributed by atoms with E-state index in [9.17, 15) is 27.2 Å². The molecule has 2 N–H and O–H groups in total. The number of carbonyl (C=O) groups excluding carboxylic acids is 3. The highest BCUT2D eigenvalue weighted by Crippen LogP contribution is 2.28. The highest BCUT2D eigenvalue weighted by atomic mass is 32.2. The minimum absolute atomic E-state index is 0.00493. The maximum absolute atomic E-state index is 14.8. The van der Waals surface area contributed by atoms with Gasteiger partial charge in [-0.3, -0.25) is 14.4 Å². The Morgan fingerprint density at radius 2 is 1.91 bits per heavy atom. The first-order valence-electron chi connectivity index (χ1n) is 15.4. The summed E-state index contributed by atoms with van der Waals surface area (Å²) in [6.07, 6.45) is 2.67. The minimum Gasteiger partial charge on any atom is -0.457 e. The van der Waals surface area contributed by atoms with Crippen LogP contribution in [0, 0.1) is 5.82 Å². The van der Waals surface area contributed by atoms with Crippen LogP contribution in [-0.4, -0.2) is 94.7 Å². The Hall–Kier alpha value is -4.41. The number of nitrogens with zero attached hydrogens (tertiary/aromatic N) is 5. The number of amides is 3. The molecule has 0 spiro atoms. The molecule has 4 bridgehead atoms. The highest BCUT2D eigenvalue weighted by molar-refractivity contribution is 7.88. The van der Waals surface area contributed by atoms with E-state index in [2.05, 4.69) is 20.8 Å². The van der Waals surface area contributed by atoms with Crippen molar-refractivity contribution in [2.24, 2.45) is 0 Å². The largest absolute Gasteiger partial charge is 0.457 e. The SMILES string of the molecule is CCCN1CC(=O)N[C@@H]2CN(S(C)(=O)=O)C[C@H]2OCc2cc(F)cc(c2)Oc2cc(C(=O)NCc3nnc4n3CCC4)cc(c2)C1=O. The van der Waals surface area contributed by atoms with Crippen molar-refractivity contribution >= 4 is 27.7 Å². The van der Waals surface area contributed by atoms with Crippen LogP contribution in [0.3, 0.4) is 0 Å². The quantitative estimate of drug-likeness (QED) is 0.397. The molecule has 3 amide bonds. The van der Waals surface area contributed by atoms with Gasteiger partial charge in [-0.25, -0.2) is 12.8 Å². The number of hydrogen-bond acceptors (Lipinski definition) is 9. The average molecular weight is 670 g/mol. The predicted octanol–water partition coefficient (Wildman–Crippen LogP) is 1.60. The molecule has 2 aromatic carbocycles. The lowest BCUT2D eigenvalue weighted by atomic mass is 10.1. The molecule has 47 heavy (non-hydrogen) atoms. The molecule has 1 fully saturated rings. The third-order valence-corrected chi connectivity index (χ3v) is 9.54. The summed E-state index contributed by atoms with van der Waals surface area (Å²) < 4.78 is 54.6. The van der Waals surface area contributed by atoms with E-state index in [1.54, 1.807) is 6.07 Å². The molecule has 3 aliphatic heterocycles. The van der Waals surface area contributed by atoms with Crippen LogP contribution < -0.4 is 15.4 Å². The lowest BCUT2D eigenvalue weighted by Gasteiger charge is -2.25. The van der Waals surface area contributed by atoms with Gasteiger partial charge in [-0.15, -0.1) is 10.2 Å². The Morgan fingerprint density at radius 1 is 1.11 bits per heavy atom. The van der Waals surface area contributed by atoms with Crippen LogP contribution in [0.4, 0.5) is 4.39 Å². The Kier molecular flexibility index (Phi) is 9.25. The second-order valence-corrected chi connectivity index (χ2v) is 13.9. The number of aromatic nitrogens is 3. The predicted molar refractivity (Wildman–Crippen MR) is 166 cm³/mol. The number of ether oxygens (including phenoxy) is 2. The summed E-state index contributed by atoms with van der Waals surface area (Å²) in [6.45, 7) is 2.54. The second-order valence-electron chi connectivity index (χ2n) is 11.9. The molecule has 4 heterocycles. The molecular weight excluding hydrogens is 633 g/mol. The second kappa shape index (κ2) is 13.4. The number of rotatable bonds is 6. The number of halogens is 1. The molecule has 3 aliphatic rings. The first-order valence-corrected chi connectivity index (χ1v) is 17.3. The Bertz CT molecular complexity index is 1820. The fourth-order valence-corrected chi connectivity index (χ4v) is 6.92. The lowest BCUT2D eigenvalue weighted by molar-refractivity contribution is -0.123. The van der Waals surface area contributed by atoms with Crippen LogP contribution in [0.2, 0.25) is 0 Å². The zero-order valence-corrected chi connectivity index (χ0v) is 26.9. The molecule has 3 aromatic rings. The van der Waals surface area contributed by atoms with Crippen LogP contribution in [0.25, 0.3) is 0 Å². The first-order chi connectivity index (χ1) is 22.5. The van der Waals surface area contributed by atoms with E-state index in [-0.39, 0.29) is 62.0 Å². The van der Waals surface area contributed by atoms with Gasteiger partial charge in [0.1, 0.15) is 23.1 Å². The molecule has 14 nitrogen and oxygen atoms in total. The van der Waals surface area contributed by atoms with Crippen LogP contribution in [0.5, 0.6) is 11.5 Å². The van der Waals surface area contributed by atoms with E-state index in [1.165, 1.54) is 39.5 Å². The van der Waals surface area contributed by atoms with Gasteiger partial charge in [-0.05, 0) is 48.7 Å². The number of benzene rings is 2. The van der Waals surface area contributed by atoms with Gasteiger partial charge in [0.15, 0.2) is 5.82 Å². The van der Waals surface area contributed by atoms with Crippen LogP contribution in [0.15, 0.2) is 36.4 Å². The molecule has 2 atom stereocenters. The van der Waals surface area contributed by atoms with Gasteiger partial charge in [0.05, 0.1) is 38.1 Å². The number of sulfonamides is 1. The van der Waals surface area contributed by atoms with Crippen molar-refractivity contribution in [1.29, 1.82) is 0 Å². The van der Waals surface area contributed by atoms with Crippen molar-refractivity contribution in [2.45, 2.75) is 58.0 Å². The number of aryl methyl sites for hydroxylation is 1. The van der Waals surface area contributed by atoms with Crippen molar-refractivity contribution in [2.75, 3.05) is 32.4 Å². The number of hydrogen-bond donors (Lipinski definition) is 2. The molecule has 0 aliphatic carbocycles. The topological polar surface area (TPSA) is 165 Å². The first kappa shape index (κ1) is 32.5. The lowest BCUT2D eigenvalue weighted by Crippen LogP contribution is -2.49. The van der Waals surface area contributed by atoms with E-state index in [0.29, 0.717) is 17.8 Å². The molecule has 1 saturated heterocycles.